The minimum absolute atomic E-state index is 0.235. The van der Waals surface area contributed by atoms with Crippen LogP contribution in [0.25, 0.3) is 0 Å². The molecule has 1 aromatic heterocycles. The molecule has 1 heterocycles. The number of unbranched alkanes of at least 4 members (excludes halogenated alkanes) is 1. The fourth-order valence-corrected chi connectivity index (χ4v) is 2.91. The van der Waals surface area contributed by atoms with E-state index in [-0.39, 0.29) is 18.3 Å². The van der Waals surface area contributed by atoms with Crippen molar-refractivity contribution in [2.45, 2.75) is 32.9 Å². The molecule has 2 aromatic rings. The van der Waals surface area contributed by atoms with Crippen molar-refractivity contribution in [1.82, 2.24) is 9.88 Å². The summed E-state index contributed by atoms with van der Waals surface area (Å²) in [7, 11) is 0. The van der Waals surface area contributed by atoms with Gasteiger partial charge in [0.25, 0.3) is 0 Å². The second kappa shape index (κ2) is 9.34. The number of carbonyl (C=O) groups is 1. The van der Waals surface area contributed by atoms with Gasteiger partial charge in [-0.3, -0.25) is 9.69 Å². The highest BCUT2D eigenvalue weighted by Gasteiger charge is 2.11. The lowest BCUT2D eigenvalue weighted by Gasteiger charge is -2.19. The number of nitrogens with zero attached hydrogens (tertiary/aromatic N) is 2. The molecule has 0 aliphatic rings. The van der Waals surface area contributed by atoms with E-state index in [1.54, 1.807) is 12.1 Å². The second-order valence-corrected chi connectivity index (χ2v) is 6.45. The molecular weight excluding hydrogens is 329 g/mol. The Morgan fingerprint density at radius 3 is 2.79 bits per heavy atom. The summed E-state index contributed by atoms with van der Waals surface area (Å²) in [5.41, 5.74) is 6.20. The minimum atomic E-state index is -0.332. The van der Waals surface area contributed by atoms with Crippen molar-refractivity contribution in [2.24, 2.45) is 5.73 Å². The van der Waals surface area contributed by atoms with Gasteiger partial charge in [-0.1, -0.05) is 13.3 Å². The van der Waals surface area contributed by atoms with Crippen LogP contribution in [-0.4, -0.2) is 28.9 Å². The van der Waals surface area contributed by atoms with Gasteiger partial charge in [0.1, 0.15) is 23.2 Å². The standard InChI is InChI=1S/C17H22FN3O2S/c1-2-3-8-21(10-16(19)22)9-14-12-24-17(20-14)11-23-15-6-4-13(18)5-7-15/h4-7,12H,2-3,8-11H2,1H3,(H2,19,22). The Bertz CT molecular complexity index is 646. The number of ether oxygens (including phenoxy) is 1. The third kappa shape index (κ3) is 6.25. The molecule has 0 aliphatic heterocycles. The van der Waals surface area contributed by atoms with Crippen LogP contribution in [0.2, 0.25) is 0 Å². The maximum absolute atomic E-state index is 12.9. The van der Waals surface area contributed by atoms with E-state index in [0.29, 0.717) is 18.9 Å². The van der Waals surface area contributed by atoms with Crippen LogP contribution in [0.15, 0.2) is 29.6 Å². The van der Waals surface area contributed by atoms with Crippen molar-refractivity contribution < 1.29 is 13.9 Å². The molecule has 0 saturated heterocycles. The third-order valence-corrected chi connectivity index (χ3v) is 4.24. The molecule has 1 aromatic carbocycles. The molecule has 2 N–H and O–H groups in total. The van der Waals surface area contributed by atoms with Crippen LogP contribution in [0.3, 0.4) is 0 Å². The van der Waals surface area contributed by atoms with Gasteiger partial charge in [-0.25, -0.2) is 9.37 Å². The number of thiazole rings is 1. The molecule has 130 valence electrons. The van der Waals surface area contributed by atoms with Gasteiger partial charge in [0, 0.05) is 11.9 Å². The van der Waals surface area contributed by atoms with Gasteiger partial charge in [-0.05, 0) is 37.2 Å². The van der Waals surface area contributed by atoms with Crippen LogP contribution in [0.4, 0.5) is 4.39 Å². The lowest BCUT2D eigenvalue weighted by atomic mass is 10.3. The van der Waals surface area contributed by atoms with Crippen LogP contribution in [-0.2, 0) is 17.9 Å². The molecule has 0 radical (unpaired) electrons. The third-order valence-electron chi connectivity index (χ3n) is 3.37. The van der Waals surface area contributed by atoms with Gasteiger partial charge in [-0.2, -0.15) is 0 Å². The van der Waals surface area contributed by atoms with E-state index in [1.807, 2.05) is 10.3 Å². The molecule has 0 spiro atoms. The molecule has 2 rings (SSSR count). The van der Waals surface area contributed by atoms with Gasteiger partial charge in [-0.15, -0.1) is 11.3 Å². The maximum atomic E-state index is 12.9. The highest BCUT2D eigenvalue weighted by molar-refractivity contribution is 7.09. The fourth-order valence-electron chi connectivity index (χ4n) is 2.21. The molecule has 24 heavy (non-hydrogen) atoms. The number of aromatic nitrogens is 1. The highest BCUT2D eigenvalue weighted by atomic mass is 32.1. The van der Waals surface area contributed by atoms with Crippen molar-refractivity contribution in [2.75, 3.05) is 13.1 Å². The zero-order chi connectivity index (χ0) is 17.4. The van der Waals surface area contributed by atoms with Crippen molar-refractivity contribution >= 4 is 17.2 Å². The minimum Gasteiger partial charge on any atom is -0.486 e. The van der Waals surface area contributed by atoms with Crippen LogP contribution < -0.4 is 10.5 Å². The average molecular weight is 351 g/mol. The number of halogens is 1. The van der Waals surface area contributed by atoms with Crippen molar-refractivity contribution in [3.63, 3.8) is 0 Å². The Morgan fingerprint density at radius 1 is 1.38 bits per heavy atom. The van der Waals surface area contributed by atoms with Gasteiger partial charge in [0.05, 0.1) is 12.2 Å². The SMILES string of the molecule is CCCCN(CC(N)=O)Cc1csc(COc2ccc(F)cc2)n1. The summed E-state index contributed by atoms with van der Waals surface area (Å²) in [4.78, 5) is 17.7. The normalized spacial score (nSPS) is 11.0. The van der Waals surface area contributed by atoms with E-state index in [0.717, 1.165) is 30.1 Å². The van der Waals surface area contributed by atoms with Crippen molar-refractivity contribution in [3.8, 4) is 5.75 Å². The smallest absolute Gasteiger partial charge is 0.231 e. The number of benzene rings is 1. The van der Waals surface area contributed by atoms with Crippen LogP contribution >= 0.6 is 11.3 Å². The van der Waals surface area contributed by atoms with Crippen LogP contribution in [0.1, 0.15) is 30.5 Å². The fraction of sp³-hybridized carbons (Fsp3) is 0.412. The number of nitrogens with two attached hydrogens (primary N) is 1. The summed E-state index contributed by atoms with van der Waals surface area (Å²) in [6, 6.07) is 5.89. The lowest BCUT2D eigenvalue weighted by molar-refractivity contribution is -0.119. The first-order chi connectivity index (χ1) is 11.6. The van der Waals surface area contributed by atoms with Gasteiger partial charge in [0.15, 0.2) is 0 Å². The number of carbonyl (C=O) groups excluding carboxylic acids is 1. The summed E-state index contributed by atoms with van der Waals surface area (Å²) in [5, 5.41) is 2.80. The van der Waals surface area contributed by atoms with E-state index in [1.165, 1.54) is 23.5 Å². The molecule has 7 heteroatoms. The number of hydrogen-bond donors (Lipinski definition) is 1. The Morgan fingerprint density at radius 2 is 2.12 bits per heavy atom. The molecule has 0 fully saturated rings. The van der Waals surface area contributed by atoms with E-state index < -0.39 is 0 Å². The van der Waals surface area contributed by atoms with Crippen LogP contribution in [0.5, 0.6) is 5.75 Å². The first-order valence-corrected chi connectivity index (χ1v) is 8.77. The Kier molecular flexibility index (Phi) is 7.14. The summed E-state index contributed by atoms with van der Waals surface area (Å²) < 4.78 is 18.4. The molecule has 0 atom stereocenters. The van der Waals surface area contributed by atoms with Gasteiger partial charge < -0.3 is 10.5 Å². The maximum Gasteiger partial charge on any atom is 0.231 e. The Labute approximate surface area is 145 Å². The van der Waals surface area contributed by atoms with Crippen molar-refractivity contribution in [3.05, 3.63) is 46.2 Å². The predicted molar refractivity (Wildman–Crippen MR) is 92.2 cm³/mol. The number of primary amides is 1. The topological polar surface area (TPSA) is 68.5 Å². The summed E-state index contributed by atoms with van der Waals surface area (Å²) in [6.07, 6.45) is 2.07. The van der Waals surface area contributed by atoms with E-state index in [4.69, 9.17) is 10.5 Å². The largest absolute Gasteiger partial charge is 0.486 e. The highest BCUT2D eigenvalue weighted by Crippen LogP contribution is 2.17. The second-order valence-electron chi connectivity index (χ2n) is 5.51. The predicted octanol–water partition coefficient (Wildman–Crippen LogP) is 2.95. The molecule has 0 aliphatic carbocycles. The molecule has 5 nitrogen and oxygen atoms in total. The summed E-state index contributed by atoms with van der Waals surface area (Å²) in [5.74, 6) is -0.0202. The van der Waals surface area contributed by atoms with E-state index in [9.17, 15) is 9.18 Å². The monoisotopic (exact) mass is 351 g/mol. The Hall–Kier alpha value is -1.99. The zero-order valence-electron chi connectivity index (χ0n) is 13.7. The molecular formula is C17H22FN3O2S. The molecule has 0 bridgehead atoms. The average Bonchev–Trinajstić information content (AvgIpc) is 2.99. The van der Waals surface area contributed by atoms with Crippen molar-refractivity contribution in [1.29, 1.82) is 0 Å². The van der Waals surface area contributed by atoms with E-state index >= 15 is 0 Å². The van der Waals surface area contributed by atoms with Crippen LogP contribution in [0, 0.1) is 5.82 Å². The van der Waals surface area contributed by atoms with Gasteiger partial charge in [0.2, 0.25) is 5.91 Å². The number of rotatable bonds is 10. The number of hydrogen-bond acceptors (Lipinski definition) is 5. The first kappa shape index (κ1) is 18.4. The first-order valence-electron chi connectivity index (χ1n) is 7.89. The molecule has 1 amide bonds. The molecule has 0 saturated carbocycles. The zero-order valence-corrected chi connectivity index (χ0v) is 14.5. The summed E-state index contributed by atoms with van der Waals surface area (Å²) in [6.45, 7) is 4.09. The lowest BCUT2D eigenvalue weighted by Crippen LogP contribution is -2.34. The Balaban J connectivity index is 1.88. The summed E-state index contributed by atoms with van der Waals surface area (Å²) >= 11 is 1.50. The van der Waals surface area contributed by atoms with Gasteiger partial charge >= 0.3 is 0 Å². The van der Waals surface area contributed by atoms with E-state index in [2.05, 4.69) is 11.9 Å². The molecule has 0 unspecified atom stereocenters. The quantitative estimate of drug-likeness (QED) is 0.714. The number of amides is 1.